The zero-order valence-electron chi connectivity index (χ0n) is 10.3. The summed E-state index contributed by atoms with van der Waals surface area (Å²) in [4.78, 5) is 11.5. The van der Waals surface area contributed by atoms with Gasteiger partial charge in [-0.25, -0.2) is 0 Å². The van der Waals surface area contributed by atoms with Crippen LogP contribution in [0, 0.1) is 6.92 Å². The van der Waals surface area contributed by atoms with Gasteiger partial charge in [-0.3, -0.25) is 4.79 Å². The fourth-order valence-corrected chi connectivity index (χ4v) is 1.13. The lowest BCUT2D eigenvalue weighted by molar-refractivity contribution is 0.0943. The number of rotatable bonds is 2. The maximum Gasteiger partial charge on any atom is 0.251 e. The van der Waals surface area contributed by atoms with Crippen molar-refractivity contribution in [2.24, 2.45) is 0 Å². The molecule has 2 heteroatoms. The number of hydrogen-bond acceptors (Lipinski definition) is 1. The number of amides is 1. The Hall–Kier alpha value is -1.31. The van der Waals surface area contributed by atoms with Crippen LogP contribution in [0.1, 0.15) is 43.6 Å². The Bertz CT molecular complexity index is 305. The van der Waals surface area contributed by atoms with Crippen LogP contribution >= 0.6 is 0 Å². The molecule has 2 nitrogen and oxygen atoms in total. The van der Waals surface area contributed by atoms with Gasteiger partial charge in [0.25, 0.3) is 5.91 Å². The lowest BCUT2D eigenvalue weighted by Crippen LogP contribution is -2.30. The van der Waals surface area contributed by atoms with E-state index >= 15 is 0 Å². The predicted molar refractivity (Wildman–Crippen MR) is 65.1 cm³/mol. The molecule has 1 N–H and O–H groups in total. The molecular formula is C13H21NO. The van der Waals surface area contributed by atoms with Crippen molar-refractivity contribution in [1.29, 1.82) is 0 Å². The Balaban J connectivity index is 0.000000921. The van der Waals surface area contributed by atoms with E-state index in [9.17, 15) is 4.79 Å². The largest absolute Gasteiger partial charge is 0.350 e. The van der Waals surface area contributed by atoms with Crippen LogP contribution < -0.4 is 5.32 Å². The maximum absolute atomic E-state index is 11.5. The summed E-state index contributed by atoms with van der Waals surface area (Å²) in [5.41, 5.74) is 1.84. The predicted octanol–water partition coefficient (Wildman–Crippen LogP) is 3.16. The molecule has 0 spiro atoms. The highest BCUT2D eigenvalue weighted by Crippen LogP contribution is 2.03. The highest BCUT2D eigenvalue weighted by molar-refractivity contribution is 5.94. The van der Waals surface area contributed by atoms with Crippen molar-refractivity contribution < 1.29 is 4.79 Å². The average molecular weight is 207 g/mol. The topological polar surface area (TPSA) is 29.1 Å². The number of carbonyl (C=O) groups is 1. The van der Waals surface area contributed by atoms with E-state index in [4.69, 9.17) is 0 Å². The van der Waals surface area contributed by atoms with Crippen molar-refractivity contribution in [3.8, 4) is 0 Å². The standard InChI is InChI=1S/C11H15NO.C2H6/c1-8(2)12-11(13)10-6-4-5-9(3)7-10;1-2/h4-8H,1-3H3,(H,12,13);1-2H3. The first-order valence-electron chi connectivity index (χ1n) is 5.47. The molecule has 0 saturated heterocycles. The summed E-state index contributed by atoms with van der Waals surface area (Å²) in [6.45, 7) is 9.88. The first-order valence-corrected chi connectivity index (χ1v) is 5.47. The summed E-state index contributed by atoms with van der Waals surface area (Å²) < 4.78 is 0. The number of aryl methyl sites for hydroxylation is 1. The van der Waals surface area contributed by atoms with E-state index in [0.29, 0.717) is 0 Å². The van der Waals surface area contributed by atoms with Crippen LogP contribution in [0.25, 0.3) is 0 Å². The van der Waals surface area contributed by atoms with Crippen LogP contribution in [0.2, 0.25) is 0 Å². The molecule has 0 unspecified atom stereocenters. The molecule has 1 aromatic carbocycles. The maximum atomic E-state index is 11.5. The highest BCUT2D eigenvalue weighted by atomic mass is 16.1. The highest BCUT2D eigenvalue weighted by Gasteiger charge is 2.05. The molecule has 0 saturated carbocycles. The fraction of sp³-hybridized carbons (Fsp3) is 0.462. The van der Waals surface area contributed by atoms with Crippen LogP contribution in [-0.4, -0.2) is 11.9 Å². The van der Waals surface area contributed by atoms with Crippen molar-refractivity contribution in [2.45, 2.75) is 40.7 Å². The molecule has 0 atom stereocenters. The molecule has 0 aliphatic carbocycles. The third-order valence-electron chi connectivity index (χ3n) is 1.70. The van der Waals surface area contributed by atoms with E-state index in [-0.39, 0.29) is 11.9 Å². The molecule has 0 bridgehead atoms. The molecule has 0 aliphatic heterocycles. The van der Waals surface area contributed by atoms with Crippen LogP contribution in [0.3, 0.4) is 0 Å². The lowest BCUT2D eigenvalue weighted by Gasteiger charge is -2.08. The normalized spacial score (nSPS) is 9.20. The smallest absolute Gasteiger partial charge is 0.251 e. The summed E-state index contributed by atoms with van der Waals surface area (Å²) in [5.74, 6) is -0.00120. The fourth-order valence-electron chi connectivity index (χ4n) is 1.13. The summed E-state index contributed by atoms with van der Waals surface area (Å²) in [5, 5.41) is 2.85. The monoisotopic (exact) mass is 207 g/mol. The van der Waals surface area contributed by atoms with Crippen LogP contribution in [0.5, 0.6) is 0 Å². The Kier molecular flexibility index (Phi) is 6.43. The number of benzene rings is 1. The van der Waals surface area contributed by atoms with Gasteiger partial charge in [-0.15, -0.1) is 0 Å². The average Bonchev–Trinajstić information content (AvgIpc) is 2.20. The Morgan fingerprint density at radius 2 is 1.87 bits per heavy atom. The second kappa shape index (κ2) is 7.04. The zero-order chi connectivity index (χ0) is 11.8. The molecule has 1 aromatic rings. The summed E-state index contributed by atoms with van der Waals surface area (Å²) >= 11 is 0. The first-order chi connectivity index (χ1) is 7.09. The third kappa shape index (κ3) is 5.21. The van der Waals surface area contributed by atoms with Gasteiger partial charge in [-0.2, -0.15) is 0 Å². The van der Waals surface area contributed by atoms with Crippen LogP contribution in [0.4, 0.5) is 0 Å². The number of hydrogen-bond donors (Lipinski definition) is 1. The molecule has 0 radical (unpaired) electrons. The molecular weight excluding hydrogens is 186 g/mol. The van der Waals surface area contributed by atoms with Gasteiger partial charge in [0.2, 0.25) is 0 Å². The molecule has 0 fully saturated rings. The third-order valence-corrected chi connectivity index (χ3v) is 1.70. The minimum atomic E-state index is -0.00120. The van der Waals surface area contributed by atoms with Gasteiger partial charge in [0.15, 0.2) is 0 Å². The van der Waals surface area contributed by atoms with Crippen molar-refractivity contribution in [3.63, 3.8) is 0 Å². The van der Waals surface area contributed by atoms with Crippen molar-refractivity contribution in [3.05, 3.63) is 35.4 Å². The van der Waals surface area contributed by atoms with Gasteiger partial charge in [-0.1, -0.05) is 31.5 Å². The Labute approximate surface area is 92.7 Å². The van der Waals surface area contributed by atoms with Gasteiger partial charge in [0.1, 0.15) is 0 Å². The van der Waals surface area contributed by atoms with Gasteiger partial charge in [-0.05, 0) is 32.9 Å². The minimum Gasteiger partial charge on any atom is -0.350 e. The van der Waals surface area contributed by atoms with Gasteiger partial charge < -0.3 is 5.32 Å². The van der Waals surface area contributed by atoms with E-state index < -0.39 is 0 Å². The summed E-state index contributed by atoms with van der Waals surface area (Å²) in [6, 6.07) is 7.77. The molecule has 1 rings (SSSR count). The Morgan fingerprint density at radius 1 is 1.27 bits per heavy atom. The van der Waals surface area contributed by atoms with Crippen molar-refractivity contribution in [2.75, 3.05) is 0 Å². The number of nitrogens with one attached hydrogen (secondary N) is 1. The zero-order valence-corrected chi connectivity index (χ0v) is 10.3. The molecule has 84 valence electrons. The lowest BCUT2D eigenvalue weighted by atomic mass is 10.1. The molecule has 0 aromatic heterocycles. The quantitative estimate of drug-likeness (QED) is 0.793. The van der Waals surface area contributed by atoms with Gasteiger partial charge in [0, 0.05) is 11.6 Å². The molecule has 15 heavy (non-hydrogen) atoms. The number of carbonyl (C=O) groups excluding carboxylic acids is 1. The summed E-state index contributed by atoms with van der Waals surface area (Å²) in [6.07, 6.45) is 0. The van der Waals surface area contributed by atoms with E-state index in [1.807, 2.05) is 58.9 Å². The molecule has 0 aliphatic rings. The van der Waals surface area contributed by atoms with Gasteiger partial charge >= 0.3 is 0 Å². The second-order valence-electron chi connectivity index (χ2n) is 3.50. The minimum absolute atomic E-state index is 0.00120. The van der Waals surface area contributed by atoms with E-state index in [1.54, 1.807) is 0 Å². The molecule has 1 amide bonds. The Morgan fingerprint density at radius 3 is 2.33 bits per heavy atom. The van der Waals surface area contributed by atoms with E-state index in [0.717, 1.165) is 11.1 Å². The SMILES string of the molecule is CC.Cc1cccc(C(=O)NC(C)C)c1. The van der Waals surface area contributed by atoms with E-state index in [1.165, 1.54) is 0 Å². The molecule has 0 heterocycles. The second-order valence-corrected chi connectivity index (χ2v) is 3.50. The van der Waals surface area contributed by atoms with Gasteiger partial charge in [0.05, 0.1) is 0 Å². The van der Waals surface area contributed by atoms with Crippen molar-refractivity contribution in [1.82, 2.24) is 5.32 Å². The van der Waals surface area contributed by atoms with Crippen molar-refractivity contribution >= 4 is 5.91 Å². The van der Waals surface area contributed by atoms with Crippen LogP contribution in [0.15, 0.2) is 24.3 Å². The first kappa shape index (κ1) is 13.7. The summed E-state index contributed by atoms with van der Waals surface area (Å²) in [7, 11) is 0. The van der Waals surface area contributed by atoms with Crippen LogP contribution in [-0.2, 0) is 0 Å². The van der Waals surface area contributed by atoms with E-state index in [2.05, 4.69) is 5.32 Å².